The summed E-state index contributed by atoms with van der Waals surface area (Å²) in [4.78, 5) is 24.8. The van der Waals surface area contributed by atoms with Crippen LogP contribution in [0.4, 0.5) is 11.4 Å². The molecular formula is C25H30N4O2. The molecule has 6 nitrogen and oxygen atoms in total. The highest BCUT2D eigenvalue weighted by Crippen LogP contribution is 2.35. The number of nitrogens with zero attached hydrogens (tertiary/aromatic N) is 3. The number of nitrogens with one attached hydrogen (secondary N) is 1. The molecule has 0 unspecified atom stereocenters. The van der Waals surface area contributed by atoms with Gasteiger partial charge in [0.2, 0.25) is 0 Å². The number of anilines is 2. The van der Waals surface area contributed by atoms with E-state index in [0.29, 0.717) is 11.2 Å². The van der Waals surface area contributed by atoms with E-state index in [0.717, 1.165) is 59.6 Å². The highest BCUT2D eigenvalue weighted by atomic mass is 16.5. The summed E-state index contributed by atoms with van der Waals surface area (Å²) in [5.74, 6) is 0.745. The summed E-state index contributed by atoms with van der Waals surface area (Å²) < 4.78 is 5.57. The number of hydrogen-bond acceptors (Lipinski definition) is 5. The van der Waals surface area contributed by atoms with Gasteiger partial charge in [-0.2, -0.15) is 0 Å². The number of likely N-dealkylation sites (tertiary alicyclic amines) is 1. The number of methoxy groups -OCH3 is 1. The molecule has 0 radical (unpaired) electrons. The predicted molar refractivity (Wildman–Crippen MR) is 124 cm³/mol. The average molecular weight is 419 g/mol. The van der Waals surface area contributed by atoms with Crippen molar-refractivity contribution in [3.8, 4) is 5.75 Å². The van der Waals surface area contributed by atoms with Crippen LogP contribution in [0.1, 0.15) is 54.2 Å². The monoisotopic (exact) mass is 418 g/mol. The number of hydrogen-bond donors (Lipinski definition) is 1. The molecular weight excluding hydrogens is 388 g/mol. The fourth-order valence-corrected chi connectivity index (χ4v) is 4.37. The van der Waals surface area contributed by atoms with Crippen LogP contribution in [-0.4, -0.2) is 40.5 Å². The normalized spacial score (nSPS) is 16.4. The minimum Gasteiger partial charge on any atom is -0.495 e. The van der Waals surface area contributed by atoms with Gasteiger partial charge in [-0.3, -0.25) is 4.79 Å². The van der Waals surface area contributed by atoms with Crippen LogP contribution in [0.5, 0.6) is 5.75 Å². The van der Waals surface area contributed by atoms with Crippen LogP contribution in [0.3, 0.4) is 0 Å². The molecule has 1 N–H and O–H groups in total. The summed E-state index contributed by atoms with van der Waals surface area (Å²) in [5.41, 5.74) is 4.73. The summed E-state index contributed by atoms with van der Waals surface area (Å²) in [5, 5.41) is 4.32. The number of carbonyl (C=O) groups is 1. The Morgan fingerprint density at radius 2 is 2.06 bits per heavy atom. The van der Waals surface area contributed by atoms with E-state index in [2.05, 4.69) is 22.2 Å². The Labute approximate surface area is 183 Å². The Hall–Kier alpha value is -3.15. The lowest BCUT2D eigenvalue weighted by Crippen LogP contribution is -2.43. The topological polar surface area (TPSA) is 67.4 Å². The lowest BCUT2D eigenvalue weighted by atomic mass is 9.98. The second-order valence-electron chi connectivity index (χ2n) is 8.26. The molecule has 1 aliphatic heterocycles. The first-order valence-corrected chi connectivity index (χ1v) is 11.0. The minimum atomic E-state index is 0.0237. The zero-order valence-electron chi connectivity index (χ0n) is 18.7. The summed E-state index contributed by atoms with van der Waals surface area (Å²) in [7, 11) is 1.65. The maximum atomic E-state index is 13.7. The molecule has 31 heavy (non-hydrogen) atoms. The lowest BCUT2D eigenvalue weighted by Gasteiger charge is -2.35. The second kappa shape index (κ2) is 8.92. The van der Waals surface area contributed by atoms with Gasteiger partial charge in [-0.15, -0.1) is 0 Å². The van der Waals surface area contributed by atoms with Crippen molar-refractivity contribution in [1.29, 1.82) is 0 Å². The van der Waals surface area contributed by atoms with E-state index >= 15 is 0 Å². The quantitative estimate of drug-likeness (QED) is 0.601. The van der Waals surface area contributed by atoms with Gasteiger partial charge in [-0.05, 0) is 69.4 Å². The van der Waals surface area contributed by atoms with Crippen molar-refractivity contribution in [3.05, 3.63) is 53.3 Å². The number of ether oxygens (including phenoxy) is 1. The molecule has 1 saturated heterocycles. The van der Waals surface area contributed by atoms with Crippen LogP contribution in [0, 0.1) is 13.8 Å². The van der Waals surface area contributed by atoms with Crippen LogP contribution in [0.15, 0.2) is 36.5 Å². The van der Waals surface area contributed by atoms with Crippen LogP contribution in [0.25, 0.3) is 11.0 Å². The Morgan fingerprint density at radius 1 is 1.23 bits per heavy atom. The van der Waals surface area contributed by atoms with E-state index in [-0.39, 0.29) is 11.9 Å². The van der Waals surface area contributed by atoms with E-state index in [1.165, 1.54) is 6.42 Å². The van der Waals surface area contributed by atoms with Gasteiger partial charge in [0.15, 0.2) is 5.65 Å². The highest BCUT2D eigenvalue weighted by molar-refractivity contribution is 6.07. The van der Waals surface area contributed by atoms with E-state index in [1.54, 1.807) is 13.3 Å². The van der Waals surface area contributed by atoms with Gasteiger partial charge in [0, 0.05) is 29.9 Å². The minimum absolute atomic E-state index is 0.0237. The standard InChI is InChI=1S/C25H30N4O2/c1-5-18-8-6-7-13-29(18)25(30)20-15-26-24-19(11-10-17(3)27-24)23(20)28-21-14-16(2)9-12-22(21)31-4/h9-12,14-15,18H,5-8,13H2,1-4H3,(H,26,27,28)/t18-/m1/s1. The fraction of sp³-hybridized carbons (Fsp3) is 0.400. The van der Waals surface area contributed by atoms with Crippen molar-refractivity contribution in [2.24, 2.45) is 0 Å². The fourth-order valence-electron chi connectivity index (χ4n) is 4.37. The highest BCUT2D eigenvalue weighted by Gasteiger charge is 2.29. The second-order valence-corrected chi connectivity index (χ2v) is 8.26. The number of pyridine rings is 2. The molecule has 1 aromatic carbocycles. The molecule has 1 amide bonds. The Bertz CT molecular complexity index is 1110. The third-order valence-electron chi connectivity index (χ3n) is 6.07. The zero-order valence-corrected chi connectivity index (χ0v) is 18.7. The molecule has 1 atom stereocenters. The molecule has 0 spiro atoms. The Kier molecular flexibility index (Phi) is 6.07. The summed E-state index contributed by atoms with van der Waals surface area (Å²) in [6.45, 7) is 6.91. The van der Waals surface area contributed by atoms with Crippen LogP contribution in [0.2, 0.25) is 0 Å². The summed E-state index contributed by atoms with van der Waals surface area (Å²) in [6, 6.07) is 10.2. The summed E-state index contributed by atoms with van der Waals surface area (Å²) >= 11 is 0. The number of rotatable bonds is 5. The predicted octanol–water partition coefficient (Wildman–Crippen LogP) is 5.40. The van der Waals surface area contributed by atoms with Crippen molar-refractivity contribution in [2.75, 3.05) is 19.0 Å². The van der Waals surface area contributed by atoms with Crippen molar-refractivity contribution in [2.45, 2.75) is 52.5 Å². The van der Waals surface area contributed by atoms with Gasteiger partial charge in [0.25, 0.3) is 5.91 Å². The number of aryl methyl sites for hydroxylation is 2. The number of fused-ring (bicyclic) bond motifs is 1. The van der Waals surface area contributed by atoms with Gasteiger partial charge in [0.1, 0.15) is 5.75 Å². The molecule has 0 aliphatic carbocycles. The van der Waals surface area contributed by atoms with E-state index in [1.807, 2.05) is 49.1 Å². The van der Waals surface area contributed by atoms with E-state index in [9.17, 15) is 4.79 Å². The molecule has 0 bridgehead atoms. The SMILES string of the molecule is CC[C@@H]1CCCCN1C(=O)c1cnc2nc(C)ccc2c1Nc1cc(C)ccc1OC. The average Bonchev–Trinajstić information content (AvgIpc) is 2.78. The molecule has 1 fully saturated rings. The molecule has 4 rings (SSSR count). The van der Waals surface area contributed by atoms with Crippen molar-refractivity contribution in [3.63, 3.8) is 0 Å². The first-order chi connectivity index (χ1) is 15.0. The molecule has 6 heteroatoms. The lowest BCUT2D eigenvalue weighted by molar-refractivity contribution is 0.0609. The van der Waals surface area contributed by atoms with Gasteiger partial charge < -0.3 is 15.0 Å². The third-order valence-corrected chi connectivity index (χ3v) is 6.07. The number of amides is 1. The zero-order chi connectivity index (χ0) is 22.0. The maximum absolute atomic E-state index is 13.7. The number of aromatic nitrogens is 2. The van der Waals surface area contributed by atoms with Crippen molar-refractivity contribution in [1.82, 2.24) is 14.9 Å². The van der Waals surface area contributed by atoms with Crippen LogP contribution < -0.4 is 10.1 Å². The van der Waals surface area contributed by atoms with Gasteiger partial charge in [-0.25, -0.2) is 9.97 Å². The van der Waals surface area contributed by atoms with Crippen molar-refractivity contribution < 1.29 is 9.53 Å². The third kappa shape index (κ3) is 4.20. The van der Waals surface area contributed by atoms with Crippen molar-refractivity contribution >= 4 is 28.3 Å². The molecule has 3 heterocycles. The van der Waals surface area contributed by atoms with Gasteiger partial charge in [-0.1, -0.05) is 13.0 Å². The molecule has 3 aromatic rings. The smallest absolute Gasteiger partial charge is 0.257 e. The van der Waals surface area contributed by atoms with Gasteiger partial charge >= 0.3 is 0 Å². The van der Waals surface area contributed by atoms with Crippen LogP contribution in [-0.2, 0) is 0 Å². The molecule has 162 valence electrons. The van der Waals surface area contributed by atoms with Gasteiger partial charge in [0.05, 0.1) is 24.0 Å². The number of carbonyl (C=O) groups excluding carboxylic acids is 1. The van der Waals surface area contributed by atoms with E-state index in [4.69, 9.17) is 4.74 Å². The Balaban J connectivity index is 1.85. The maximum Gasteiger partial charge on any atom is 0.257 e. The Morgan fingerprint density at radius 3 is 2.84 bits per heavy atom. The van der Waals surface area contributed by atoms with Crippen LogP contribution >= 0.6 is 0 Å². The molecule has 2 aromatic heterocycles. The largest absolute Gasteiger partial charge is 0.495 e. The first-order valence-electron chi connectivity index (χ1n) is 11.0. The summed E-state index contributed by atoms with van der Waals surface area (Å²) in [6.07, 6.45) is 5.90. The first kappa shape index (κ1) is 21.1. The molecule has 1 aliphatic rings. The number of piperidine rings is 1. The number of benzene rings is 1. The van der Waals surface area contributed by atoms with E-state index < -0.39 is 0 Å². The molecule has 0 saturated carbocycles.